The number of hydrogen-bond donors (Lipinski definition) is 0. The van der Waals surface area contributed by atoms with Gasteiger partial charge in [0.25, 0.3) is 0 Å². The van der Waals surface area contributed by atoms with Crippen LogP contribution in [0.15, 0.2) is 59.8 Å². The predicted octanol–water partition coefficient (Wildman–Crippen LogP) is 4.13. The minimum atomic E-state index is 0.846. The molecule has 2 aromatic carbocycles. The zero-order chi connectivity index (χ0) is 16.1. The molecular formula is C18H19N3OS. The van der Waals surface area contributed by atoms with E-state index in [4.69, 9.17) is 4.74 Å². The van der Waals surface area contributed by atoms with Crippen LogP contribution in [-0.4, -0.2) is 21.9 Å². The monoisotopic (exact) mass is 325 g/mol. The van der Waals surface area contributed by atoms with Crippen LogP contribution in [0, 0.1) is 0 Å². The van der Waals surface area contributed by atoms with E-state index in [1.54, 1.807) is 18.9 Å². The molecule has 0 bridgehead atoms. The number of aryl methyl sites for hydroxylation is 1. The van der Waals surface area contributed by atoms with Crippen molar-refractivity contribution in [3.8, 4) is 11.4 Å². The Bertz CT molecular complexity index is 754. The lowest BCUT2D eigenvalue weighted by Gasteiger charge is -2.09. The number of ether oxygens (including phenoxy) is 1. The molecule has 0 aliphatic carbocycles. The third-order valence-electron chi connectivity index (χ3n) is 3.56. The van der Waals surface area contributed by atoms with Crippen molar-refractivity contribution in [2.75, 3.05) is 7.11 Å². The highest BCUT2D eigenvalue weighted by atomic mass is 32.2. The largest absolute Gasteiger partial charge is 0.497 e. The number of hydrogen-bond acceptors (Lipinski definition) is 4. The van der Waals surface area contributed by atoms with Crippen molar-refractivity contribution >= 4 is 11.8 Å². The van der Waals surface area contributed by atoms with Crippen LogP contribution in [0.4, 0.5) is 0 Å². The van der Waals surface area contributed by atoms with Gasteiger partial charge in [0.2, 0.25) is 0 Å². The Morgan fingerprint density at radius 3 is 2.39 bits per heavy atom. The quantitative estimate of drug-likeness (QED) is 0.639. The number of rotatable bonds is 6. The van der Waals surface area contributed by atoms with Crippen LogP contribution < -0.4 is 4.74 Å². The SMILES string of the molecule is CCc1nnc(SCc2ccc(OC)cc2)n1-c1ccccc1. The number of thioether (sulfide) groups is 1. The summed E-state index contributed by atoms with van der Waals surface area (Å²) in [5.41, 5.74) is 2.34. The standard InChI is InChI=1S/C18H19N3OS/c1-3-17-19-20-18(21(17)15-7-5-4-6-8-15)23-13-14-9-11-16(22-2)12-10-14/h4-12H,3,13H2,1-2H3. The zero-order valence-electron chi connectivity index (χ0n) is 13.3. The van der Waals surface area contributed by atoms with Crippen LogP contribution in [0.25, 0.3) is 5.69 Å². The lowest BCUT2D eigenvalue weighted by Crippen LogP contribution is -2.01. The molecule has 0 amide bonds. The maximum Gasteiger partial charge on any atom is 0.196 e. The van der Waals surface area contributed by atoms with E-state index >= 15 is 0 Å². The van der Waals surface area contributed by atoms with E-state index < -0.39 is 0 Å². The number of methoxy groups -OCH3 is 1. The lowest BCUT2D eigenvalue weighted by molar-refractivity contribution is 0.414. The topological polar surface area (TPSA) is 39.9 Å². The van der Waals surface area contributed by atoms with Gasteiger partial charge in [-0.05, 0) is 29.8 Å². The molecule has 0 saturated carbocycles. The van der Waals surface area contributed by atoms with Crippen LogP contribution in [-0.2, 0) is 12.2 Å². The summed E-state index contributed by atoms with van der Waals surface area (Å²) in [5, 5.41) is 9.61. The summed E-state index contributed by atoms with van der Waals surface area (Å²) in [4.78, 5) is 0. The van der Waals surface area contributed by atoms with Crippen LogP contribution in [0.1, 0.15) is 18.3 Å². The highest BCUT2D eigenvalue weighted by Gasteiger charge is 2.13. The Kier molecular flexibility index (Phi) is 4.98. The second-order valence-corrected chi connectivity index (χ2v) is 6.00. The van der Waals surface area contributed by atoms with Gasteiger partial charge in [-0.3, -0.25) is 4.57 Å². The molecule has 0 saturated heterocycles. The maximum absolute atomic E-state index is 5.19. The molecule has 0 fully saturated rings. The average Bonchev–Trinajstić information content (AvgIpc) is 3.04. The second kappa shape index (κ2) is 7.33. The van der Waals surface area contributed by atoms with Gasteiger partial charge in [-0.15, -0.1) is 10.2 Å². The molecule has 3 rings (SSSR count). The third kappa shape index (κ3) is 3.56. The predicted molar refractivity (Wildman–Crippen MR) is 93.3 cm³/mol. The summed E-state index contributed by atoms with van der Waals surface area (Å²) in [5.74, 6) is 2.70. The molecular weight excluding hydrogens is 306 g/mol. The minimum Gasteiger partial charge on any atom is -0.497 e. The molecule has 23 heavy (non-hydrogen) atoms. The molecule has 4 nitrogen and oxygen atoms in total. The summed E-state index contributed by atoms with van der Waals surface area (Å²) in [6.07, 6.45) is 0.852. The zero-order valence-corrected chi connectivity index (χ0v) is 14.1. The first-order valence-electron chi connectivity index (χ1n) is 7.57. The molecule has 1 heterocycles. The van der Waals surface area contributed by atoms with Gasteiger partial charge in [0.05, 0.1) is 7.11 Å². The van der Waals surface area contributed by atoms with Crippen LogP contribution in [0.3, 0.4) is 0 Å². The number of para-hydroxylation sites is 1. The van der Waals surface area contributed by atoms with Crippen molar-refractivity contribution in [1.82, 2.24) is 14.8 Å². The van der Waals surface area contributed by atoms with E-state index in [1.165, 1.54) is 5.56 Å². The first kappa shape index (κ1) is 15.6. The van der Waals surface area contributed by atoms with E-state index in [1.807, 2.05) is 30.3 Å². The Labute approximate surface area is 140 Å². The number of benzene rings is 2. The molecule has 0 aliphatic rings. The van der Waals surface area contributed by atoms with Crippen LogP contribution in [0.2, 0.25) is 0 Å². The van der Waals surface area contributed by atoms with Gasteiger partial charge in [0.15, 0.2) is 5.16 Å². The molecule has 0 unspecified atom stereocenters. The molecule has 5 heteroatoms. The van der Waals surface area contributed by atoms with Crippen molar-refractivity contribution in [3.05, 3.63) is 66.0 Å². The number of nitrogens with zero attached hydrogens (tertiary/aromatic N) is 3. The molecule has 0 spiro atoms. The van der Waals surface area contributed by atoms with Gasteiger partial charge < -0.3 is 4.74 Å². The van der Waals surface area contributed by atoms with E-state index in [-0.39, 0.29) is 0 Å². The molecule has 0 radical (unpaired) electrons. The van der Waals surface area contributed by atoms with Crippen molar-refractivity contribution in [1.29, 1.82) is 0 Å². The van der Waals surface area contributed by atoms with Crippen molar-refractivity contribution in [3.63, 3.8) is 0 Å². The van der Waals surface area contributed by atoms with Crippen molar-refractivity contribution < 1.29 is 4.74 Å². The summed E-state index contributed by atoms with van der Waals surface area (Å²) < 4.78 is 7.33. The van der Waals surface area contributed by atoms with E-state index in [9.17, 15) is 0 Å². The Morgan fingerprint density at radius 1 is 1.00 bits per heavy atom. The van der Waals surface area contributed by atoms with Gasteiger partial charge in [-0.2, -0.15) is 0 Å². The average molecular weight is 325 g/mol. The normalized spacial score (nSPS) is 10.7. The fraction of sp³-hybridized carbons (Fsp3) is 0.222. The Balaban J connectivity index is 1.81. The van der Waals surface area contributed by atoms with E-state index in [0.29, 0.717) is 0 Å². The van der Waals surface area contributed by atoms with Gasteiger partial charge >= 0.3 is 0 Å². The van der Waals surface area contributed by atoms with Crippen LogP contribution >= 0.6 is 11.8 Å². The minimum absolute atomic E-state index is 0.846. The first-order valence-corrected chi connectivity index (χ1v) is 8.56. The fourth-order valence-corrected chi connectivity index (χ4v) is 3.26. The second-order valence-electron chi connectivity index (χ2n) is 5.06. The third-order valence-corrected chi connectivity index (χ3v) is 4.56. The summed E-state index contributed by atoms with van der Waals surface area (Å²) in [6, 6.07) is 18.4. The Morgan fingerprint density at radius 2 is 1.74 bits per heavy atom. The molecule has 1 aromatic heterocycles. The molecule has 3 aromatic rings. The fourth-order valence-electron chi connectivity index (χ4n) is 2.33. The molecule has 118 valence electrons. The van der Waals surface area contributed by atoms with Gasteiger partial charge in [-0.1, -0.05) is 49.0 Å². The highest BCUT2D eigenvalue weighted by molar-refractivity contribution is 7.98. The molecule has 0 atom stereocenters. The van der Waals surface area contributed by atoms with E-state index in [2.05, 4.69) is 46.0 Å². The van der Waals surface area contributed by atoms with Gasteiger partial charge in [0, 0.05) is 17.9 Å². The first-order chi connectivity index (χ1) is 11.3. The lowest BCUT2D eigenvalue weighted by atomic mass is 10.2. The van der Waals surface area contributed by atoms with Gasteiger partial charge in [0.1, 0.15) is 11.6 Å². The molecule has 0 aliphatic heterocycles. The van der Waals surface area contributed by atoms with E-state index in [0.717, 1.165) is 34.6 Å². The Hall–Kier alpha value is -2.27. The molecule has 0 N–H and O–H groups in total. The summed E-state index contributed by atoms with van der Waals surface area (Å²) >= 11 is 1.69. The van der Waals surface area contributed by atoms with Crippen molar-refractivity contribution in [2.45, 2.75) is 24.3 Å². The van der Waals surface area contributed by atoms with Crippen molar-refractivity contribution in [2.24, 2.45) is 0 Å². The summed E-state index contributed by atoms with van der Waals surface area (Å²) in [6.45, 7) is 2.10. The van der Waals surface area contributed by atoms with Gasteiger partial charge in [-0.25, -0.2) is 0 Å². The smallest absolute Gasteiger partial charge is 0.196 e. The maximum atomic E-state index is 5.19. The number of aromatic nitrogens is 3. The summed E-state index contributed by atoms with van der Waals surface area (Å²) in [7, 11) is 1.68. The highest BCUT2D eigenvalue weighted by Crippen LogP contribution is 2.26. The van der Waals surface area contributed by atoms with Crippen LogP contribution in [0.5, 0.6) is 5.75 Å².